The molecular formula is C15H12ClN5OS. The van der Waals surface area contributed by atoms with E-state index in [4.69, 9.17) is 11.6 Å². The van der Waals surface area contributed by atoms with E-state index in [9.17, 15) is 4.79 Å². The predicted molar refractivity (Wildman–Crippen MR) is 91.2 cm³/mol. The maximum Gasteiger partial charge on any atom is 0.248 e. The van der Waals surface area contributed by atoms with Gasteiger partial charge in [-0.15, -0.1) is 16.4 Å². The van der Waals surface area contributed by atoms with Crippen molar-refractivity contribution in [2.75, 3.05) is 5.32 Å². The van der Waals surface area contributed by atoms with E-state index in [-0.39, 0.29) is 5.91 Å². The van der Waals surface area contributed by atoms with Crippen LogP contribution in [-0.2, 0) is 11.8 Å². The van der Waals surface area contributed by atoms with Gasteiger partial charge < -0.3 is 5.32 Å². The molecule has 0 spiro atoms. The predicted octanol–water partition coefficient (Wildman–Crippen LogP) is 3.24. The van der Waals surface area contributed by atoms with Crippen LogP contribution < -0.4 is 5.32 Å². The second-order valence-corrected chi connectivity index (χ2v) is 6.42. The Hall–Kier alpha value is -2.51. The number of nitrogens with one attached hydrogen (secondary N) is 1. The molecule has 8 heteroatoms. The third kappa shape index (κ3) is 3.82. The van der Waals surface area contributed by atoms with Crippen molar-refractivity contribution in [2.24, 2.45) is 7.05 Å². The molecule has 2 heterocycles. The van der Waals surface area contributed by atoms with E-state index in [0.29, 0.717) is 15.8 Å². The van der Waals surface area contributed by atoms with Crippen LogP contribution in [0.2, 0.25) is 4.34 Å². The molecule has 23 heavy (non-hydrogen) atoms. The zero-order valence-corrected chi connectivity index (χ0v) is 13.7. The van der Waals surface area contributed by atoms with Crippen molar-refractivity contribution in [3.05, 3.63) is 51.7 Å². The number of tetrazole rings is 1. The number of carbonyl (C=O) groups is 1. The van der Waals surface area contributed by atoms with Crippen LogP contribution in [0.5, 0.6) is 0 Å². The van der Waals surface area contributed by atoms with Crippen LogP contribution in [0, 0.1) is 0 Å². The van der Waals surface area contributed by atoms with E-state index < -0.39 is 0 Å². The van der Waals surface area contributed by atoms with Gasteiger partial charge in [-0.2, -0.15) is 0 Å². The number of halogens is 1. The molecular weight excluding hydrogens is 334 g/mol. The molecule has 1 aromatic carbocycles. The fourth-order valence-electron chi connectivity index (χ4n) is 1.97. The molecule has 2 aromatic heterocycles. The first-order valence-corrected chi connectivity index (χ1v) is 7.88. The van der Waals surface area contributed by atoms with Gasteiger partial charge in [0.1, 0.15) is 0 Å². The molecule has 0 saturated heterocycles. The summed E-state index contributed by atoms with van der Waals surface area (Å²) in [5.41, 5.74) is 1.49. The van der Waals surface area contributed by atoms with Crippen LogP contribution >= 0.6 is 22.9 Å². The monoisotopic (exact) mass is 345 g/mol. The fourth-order valence-corrected chi connectivity index (χ4v) is 2.93. The van der Waals surface area contributed by atoms with Gasteiger partial charge in [0.05, 0.1) is 4.34 Å². The van der Waals surface area contributed by atoms with Gasteiger partial charge in [-0.25, -0.2) is 4.68 Å². The second-order valence-electron chi connectivity index (χ2n) is 4.67. The average molecular weight is 346 g/mol. The summed E-state index contributed by atoms with van der Waals surface area (Å²) in [4.78, 5) is 12.9. The lowest BCUT2D eigenvalue weighted by Crippen LogP contribution is -2.07. The Bertz CT molecular complexity index is 870. The molecule has 6 nitrogen and oxygen atoms in total. The van der Waals surface area contributed by atoms with Crippen molar-refractivity contribution < 1.29 is 4.79 Å². The Kier molecular flexibility index (Phi) is 4.50. The third-order valence-corrected chi connectivity index (χ3v) is 4.20. The largest absolute Gasteiger partial charge is 0.322 e. The van der Waals surface area contributed by atoms with Gasteiger partial charge in [-0.3, -0.25) is 4.79 Å². The molecule has 0 saturated carbocycles. The lowest BCUT2D eigenvalue weighted by molar-refractivity contribution is -0.111. The molecule has 0 radical (unpaired) electrons. The Labute approximate surface area is 141 Å². The van der Waals surface area contributed by atoms with Gasteiger partial charge in [0.25, 0.3) is 0 Å². The molecule has 0 fully saturated rings. The summed E-state index contributed by atoms with van der Waals surface area (Å²) in [6, 6.07) is 11.0. The smallest absolute Gasteiger partial charge is 0.248 e. The van der Waals surface area contributed by atoms with Crippen molar-refractivity contribution in [2.45, 2.75) is 0 Å². The van der Waals surface area contributed by atoms with Crippen LogP contribution in [0.4, 0.5) is 5.69 Å². The molecule has 0 unspecified atom stereocenters. The number of carbonyl (C=O) groups excluding carboxylic acids is 1. The lowest BCUT2D eigenvalue weighted by Gasteiger charge is -2.04. The molecule has 1 amide bonds. The zero-order chi connectivity index (χ0) is 16.2. The standard InChI is InChI=1S/C15H12ClN5OS/c1-21-15(18-19-20-21)10-3-2-4-11(9-10)17-14(22)8-6-12-5-7-13(16)23-12/h2-9H,1H3,(H,17,22). The van der Waals surface area contributed by atoms with Crippen molar-refractivity contribution in [3.8, 4) is 11.4 Å². The minimum Gasteiger partial charge on any atom is -0.322 e. The minimum atomic E-state index is -0.220. The Morgan fingerprint density at radius 2 is 2.22 bits per heavy atom. The summed E-state index contributed by atoms with van der Waals surface area (Å²) in [5.74, 6) is 0.410. The van der Waals surface area contributed by atoms with E-state index in [0.717, 1.165) is 10.4 Å². The number of aryl methyl sites for hydroxylation is 1. The molecule has 0 aliphatic rings. The van der Waals surface area contributed by atoms with Gasteiger partial charge in [-0.05, 0) is 40.8 Å². The number of nitrogens with zero attached hydrogens (tertiary/aromatic N) is 4. The number of thiophene rings is 1. The maximum atomic E-state index is 12.0. The molecule has 116 valence electrons. The van der Waals surface area contributed by atoms with Gasteiger partial charge in [0.2, 0.25) is 5.91 Å². The summed E-state index contributed by atoms with van der Waals surface area (Å²) in [7, 11) is 1.76. The van der Waals surface area contributed by atoms with Crippen LogP contribution in [0.15, 0.2) is 42.5 Å². The highest BCUT2D eigenvalue weighted by Gasteiger charge is 2.07. The summed E-state index contributed by atoms with van der Waals surface area (Å²) >= 11 is 7.26. The maximum absolute atomic E-state index is 12.0. The lowest BCUT2D eigenvalue weighted by atomic mass is 10.2. The first kappa shape index (κ1) is 15.4. The number of hydrogen-bond acceptors (Lipinski definition) is 5. The number of rotatable bonds is 4. The molecule has 0 atom stereocenters. The number of amides is 1. The van der Waals surface area contributed by atoms with Crippen molar-refractivity contribution in [3.63, 3.8) is 0 Å². The van der Waals surface area contributed by atoms with Gasteiger partial charge in [-0.1, -0.05) is 23.7 Å². The Balaban J connectivity index is 1.72. The highest BCUT2D eigenvalue weighted by molar-refractivity contribution is 7.17. The summed E-state index contributed by atoms with van der Waals surface area (Å²) in [6.45, 7) is 0. The number of anilines is 1. The van der Waals surface area contributed by atoms with Gasteiger partial charge >= 0.3 is 0 Å². The third-order valence-electron chi connectivity index (χ3n) is 3.00. The normalized spacial score (nSPS) is 11.0. The van der Waals surface area contributed by atoms with E-state index in [2.05, 4.69) is 20.8 Å². The Morgan fingerprint density at radius 3 is 2.91 bits per heavy atom. The Morgan fingerprint density at radius 1 is 1.35 bits per heavy atom. The molecule has 3 aromatic rings. The first-order valence-electron chi connectivity index (χ1n) is 6.69. The molecule has 1 N–H and O–H groups in total. The van der Waals surface area contributed by atoms with Crippen LogP contribution in [0.3, 0.4) is 0 Å². The minimum absolute atomic E-state index is 0.220. The zero-order valence-electron chi connectivity index (χ0n) is 12.1. The molecule has 3 rings (SSSR count). The molecule has 0 bridgehead atoms. The summed E-state index contributed by atoms with van der Waals surface area (Å²) in [5, 5.41) is 14.2. The molecule has 0 aliphatic carbocycles. The van der Waals surface area contributed by atoms with E-state index in [1.54, 1.807) is 29.9 Å². The number of aromatic nitrogens is 4. The van der Waals surface area contributed by atoms with E-state index in [1.807, 2.05) is 24.3 Å². The average Bonchev–Trinajstić information content (AvgIpc) is 3.14. The topological polar surface area (TPSA) is 72.7 Å². The van der Waals surface area contributed by atoms with Gasteiger partial charge in [0.15, 0.2) is 5.82 Å². The van der Waals surface area contributed by atoms with Crippen LogP contribution in [-0.4, -0.2) is 26.1 Å². The highest BCUT2D eigenvalue weighted by atomic mass is 35.5. The van der Waals surface area contributed by atoms with Crippen LogP contribution in [0.25, 0.3) is 17.5 Å². The highest BCUT2D eigenvalue weighted by Crippen LogP contribution is 2.23. The SMILES string of the molecule is Cn1nnnc1-c1cccc(NC(=O)C=Cc2ccc(Cl)s2)c1. The fraction of sp³-hybridized carbons (Fsp3) is 0.0667. The quantitative estimate of drug-likeness (QED) is 0.737. The summed E-state index contributed by atoms with van der Waals surface area (Å²) in [6.07, 6.45) is 3.20. The molecule has 0 aliphatic heterocycles. The van der Waals surface area contributed by atoms with E-state index >= 15 is 0 Å². The summed E-state index contributed by atoms with van der Waals surface area (Å²) < 4.78 is 2.26. The first-order chi connectivity index (χ1) is 11.1. The van der Waals surface area contributed by atoms with Gasteiger partial charge in [0, 0.05) is 29.3 Å². The van der Waals surface area contributed by atoms with Crippen LogP contribution in [0.1, 0.15) is 4.88 Å². The van der Waals surface area contributed by atoms with Crippen molar-refractivity contribution in [1.82, 2.24) is 20.2 Å². The van der Waals surface area contributed by atoms with E-state index in [1.165, 1.54) is 17.4 Å². The van der Waals surface area contributed by atoms with Crippen molar-refractivity contribution >= 4 is 40.6 Å². The number of hydrogen-bond donors (Lipinski definition) is 1. The second kappa shape index (κ2) is 6.72. The van der Waals surface area contributed by atoms with Crippen molar-refractivity contribution in [1.29, 1.82) is 0 Å². The number of benzene rings is 1.